The second-order valence-corrected chi connectivity index (χ2v) is 11.0. The zero-order chi connectivity index (χ0) is 27.6. The number of nitrogens with zero attached hydrogens (tertiary/aromatic N) is 2. The van der Waals surface area contributed by atoms with Gasteiger partial charge in [0, 0.05) is 32.9 Å². The van der Waals surface area contributed by atoms with Crippen LogP contribution in [0.2, 0.25) is 0 Å². The van der Waals surface area contributed by atoms with Crippen molar-refractivity contribution in [3.8, 4) is 22.5 Å². The Morgan fingerprint density at radius 1 is 0.357 bits per heavy atom. The van der Waals surface area contributed by atoms with Crippen LogP contribution in [0.4, 0.5) is 0 Å². The molecule has 0 saturated carbocycles. The van der Waals surface area contributed by atoms with Crippen molar-refractivity contribution in [2.45, 2.75) is 0 Å². The molecule has 0 atom stereocenters. The van der Waals surface area contributed by atoms with Crippen LogP contribution < -0.4 is 0 Å². The fourth-order valence-corrected chi connectivity index (χ4v) is 6.90. The lowest BCUT2D eigenvalue weighted by atomic mass is 9.97. The predicted octanol–water partition coefficient (Wildman–Crippen LogP) is 10.7. The van der Waals surface area contributed by atoms with E-state index in [0.29, 0.717) is 0 Å². The summed E-state index contributed by atoms with van der Waals surface area (Å²) in [6.45, 7) is 0. The summed E-state index contributed by atoms with van der Waals surface area (Å²) < 4.78 is 4.86. The molecule has 9 aromatic rings. The van der Waals surface area contributed by atoms with Crippen molar-refractivity contribution in [2.75, 3.05) is 0 Å². The molecule has 0 spiro atoms. The summed E-state index contributed by atoms with van der Waals surface area (Å²) >= 11 is 0. The monoisotopic (exact) mass is 534 g/mol. The van der Waals surface area contributed by atoms with Gasteiger partial charge in [-0.3, -0.25) is 0 Å². The van der Waals surface area contributed by atoms with Crippen LogP contribution in [0, 0.1) is 0 Å². The van der Waals surface area contributed by atoms with Gasteiger partial charge in [0.15, 0.2) is 0 Å². The van der Waals surface area contributed by atoms with Crippen LogP contribution in [0.15, 0.2) is 158 Å². The van der Waals surface area contributed by atoms with Gasteiger partial charge in [-0.1, -0.05) is 109 Å². The van der Waals surface area contributed by atoms with Crippen molar-refractivity contribution in [2.24, 2.45) is 0 Å². The molecule has 196 valence electrons. The van der Waals surface area contributed by atoms with E-state index in [1.165, 1.54) is 76.9 Å². The maximum absolute atomic E-state index is 2.46. The lowest BCUT2D eigenvalue weighted by molar-refractivity contribution is 1.17. The Labute approximate surface area is 243 Å². The second-order valence-electron chi connectivity index (χ2n) is 11.0. The molecule has 0 N–H and O–H groups in total. The van der Waals surface area contributed by atoms with Crippen molar-refractivity contribution in [3.05, 3.63) is 158 Å². The van der Waals surface area contributed by atoms with E-state index in [1.807, 2.05) is 0 Å². The average Bonchev–Trinajstić information content (AvgIpc) is 3.58. The number of aromatic nitrogens is 2. The Morgan fingerprint density at radius 2 is 0.976 bits per heavy atom. The standard InChI is InChI=1S/C40H26N2/c1-3-14-29(15-4-1)41-36-21-10-9-19-34(36)39-38(41)25-23-33-35-26-28(32-20-11-13-27-12-7-8-18-31(27)32)22-24-37(35)42(40(33)39)30-16-5-2-6-17-30/h1-26H. The molecule has 2 aromatic heterocycles. The van der Waals surface area contributed by atoms with E-state index in [-0.39, 0.29) is 0 Å². The molecular formula is C40H26N2. The van der Waals surface area contributed by atoms with E-state index in [9.17, 15) is 0 Å². The van der Waals surface area contributed by atoms with E-state index >= 15 is 0 Å². The molecule has 7 aromatic carbocycles. The molecule has 0 bridgehead atoms. The first-order chi connectivity index (χ1) is 20.9. The van der Waals surface area contributed by atoms with E-state index in [2.05, 4.69) is 167 Å². The molecule has 0 saturated heterocycles. The molecule has 0 fully saturated rings. The summed E-state index contributed by atoms with van der Waals surface area (Å²) in [5, 5.41) is 7.60. The van der Waals surface area contributed by atoms with Gasteiger partial charge in [-0.2, -0.15) is 0 Å². The fourth-order valence-electron chi connectivity index (χ4n) is 6.90. The summed E-state index contributed by atoms with van der Waals surface area (Å²) in [4.78, 5) is 0. The van der Waals surface area contributed by atoms with Gasteiger partial charge in [0.25, 0.3) is 0 Å². The van der Waals surface area contributed by atoms with Crippen LogP contribution in [0.5, 0.6) is 0 Å². The third kappa shape index (κ3) is 3.27. The van der Waals surface area contributed by atoms with Crippen molar-refractivity contribution in [1.82, 2.24) is 9.13 Å². The Kier molecular flexibility index (Phi) is 4.93. The topological polar surface area (TPSA) is 9.86 Å². The average molecular weight is 535 g/mol. The van der Waals surface area contributed by atoms with Gasteiger partial charge in [0.1, 0.15) is 0 Å². The Balaban J connectivity index is 1.45. The minimum Gasteiger partial charge on any atom is -0.309 e. The fraction of sp³-hybridized carbons (Fsp3) is 0. The Morgan fingerprint density at radius 3 is 1.79 bits per heavy atom. The van der Waals surface area contributed by atoms with Crippen LogP contribution in [0.25, 0.3) is 76.9 Å². The molecule has 9 rings (SSSR count). The van der Waals surface area contributed by atoms with Gasteiger partial charge >= 0.3 is 0 Å². The van der Waals surface area contributed by atoms with Crippen LogP contribution >= 0.6 is 0 Å². The van der Waals surface area contributed by atoms with Gasteiger partial charge in [-0.05, 0) is 70.4 Å². The first kappa shape index (κ1) is 23.1. The minimum atomic E-state index is 1.17. The van der Waals surface area contributed by atoms with Crippen LogP contribution in [-0.2, 0) is 0 Å². The summed E-state index contributed by atoms with van der Waals surface area (Å²) in [5.74, 6) is 0. The number of hydrogen-bond acceptors (Lipinski definition) is 0. The summed E-state index contributed by atoms with van der Waals surface area (Å²) in [6.07, 6.45) is 0. The zero-order valence-electron chi connectivity index (χ0n) is 22.9. The third-order valence-corrected chi connectivity index (χ3v) is 8.69. The minimum absolute atomic E-state index is 1.17. The third-order valence-electron chi connectivity index (χ3n) is 8.69. The quantitative estimate of drug-likeness (QED) is 0.213. The van der Waals surface area contributed by atoms with Gasteiger partial charge in [-0.25, -0.2) is 0 Å². The number of hydrogen-bond donors (Lipinski definition) is 0. The van der Waals surface area contributed by atoms with E-state index < -0.39 is 0 Å². The lowest BCUT2D eigenvalue weighted by Crippen LogP contribution is -1.95. The summed E-state index contributed by atoms with van der Waals surface area (Å²) in [7, 11) is 0. The molecule has 2 heteroatoms. The zero-order valence-corrected chi connectivity index (χ0v) is 22.9. The highest BCUT2D eigenvalue weighted by atomic mass is 15.0. The highest BCUT2D eigenvalue weighted by Crippen LogP contribution is 2.43. The number of benzene rings is 7. The molecule has 0 amide bonds. The van der Waals surface area contributed by atoms with Crippen LogP contribution in [-0.4, -0.2) is 9.13 Å². The SMILES string of the molecule is c1ccc(-n2c3ccccc3c3c2ccc2c4cc(-c5cccc6ccccc56)ccc4n(-c4ccccc4)c23)cc1. The second kappa shape index (κ2) is 8.95. The molecule has 0 aliphatic carbocycles. The summed E-state index contributed by atoms with van der Waals surface area (Å²) in [6, 6.07) is 57.2. The van der Waals surface area contributed by atoms with Crippen molar-refractivity contribution < 1.29 is 0 Å². The number of para-hydroxylation sites is 3. The van der Waals surface area contributed by atoms with E-state index in [0.717, 1.165) is 0 Å². The highest BCUT2D eigenvalue weighted by molar-refractivity contribution is 6.26. The summed E-state index contributed by atoms with van der Waals surface area (Å²) in [5.41, 5.74) is 9.72. The van der Waals surface area contributed by atoms with Crippen LogP contribution in [0.1, 0.15) is 0 Å². The molecule has 2 nitrogen and oxygen atoms in total. The maximum atomic E-state index is 2.46. The van der Waals surface area contributed by atoms with Gasteiger partial charge in [0.05, 0.1) is 22.1 Å². The molecule has 0 radical (unpaired) electrons. The maximum Gasteiger partial charge on any atom is 0.0641 e. The smallest absolute Gasteiger partial charge is 0.0641 e. The van der Waals surface area contributed by atoms with Crippen LogP contribution in [0.3, 0.4) is 0 Å². The molecule has 42 heavy (non-hydrogen) atoms. The number of fused-ring (bicyclic) bond motifs is 8. The van der Waals surface area contributed by atoms with Gasteiger partial charge in [-0.15, -0.1) is 0 Å². The molecule has 0 unspecified atom stereocenters. The highest BCUT2D eigenvalue weighted by Gasteiger charge is 2.21. The number of rotatable bonds is 3. The van der Waals surface area contributed by atoms with Crippen molar-refractivity contribution in [3.63, 3.8) is 0 Å². The van der Waals surface area contributed by atoms with E-state index in [1.54, 1.807) is 0 Å². The lowest BCUT2D eigenvalue weighted by Gasteiger charge is -2.10. The molecule has 0 aliphatic rings. The Hall–Kier alpha value is -5.60. The normalized spacial score (nSPS) is 11.8. The molecule has 2 heterocycles. The van der Waals surface area contributed by atoms with E-state index in [4.69, 9.17) is 0 Å². The molecule has 0 aliphatic heterocycles. The van der Waals surface area contributed by atoms with Crippen molar-refractivity contribution >= 4 is 54.4 Å². The van der Waals surface area contributed by atoms with Gasteiger partial charge in [0.2, 0.25) is 0 Å². The predicted molar refractivity (Wildman–Crippen MR) is 178 cm³/mol. The molecular weight excluding hydrogens is 508 g/mol. The Bertz CT molecular complexity index is 2440. The van der Waals surface area contributed by atoms with Crippen molar-refractivity contribution in [1.29, 1.82) is 0 Å². The van der Waals surface area contributed by atoms with Gasteiger partial charge < -0.3 is 9.13 Å². The first-order valence-electron chi connectivity index (χ1n) is 14.5. The first-order valence-corrected chi connectivity index (χ1v) is 14.5. The largest absolute Gasteiger partial charge is 0.309 e.